The van der Waals surface area contributed by atoms with Crippen LogP contribution in [0.3, 0.4) is 0 Å². The van der Waals surface area contributed by atoms with Gasteiger partial charge in [-0.25, -0.2) is 14.8 Å². The molecule has 0 spiro atoms. The van der Waals surface area contributed by atoms with Gasteiger partial charge in [0, 0.05) is 5.02 Å². The lowest BCUT2D eigenvalue weighted by Crippen LogP contribution is -2.31. The molecule has 8 nitrogen and oxygen atoms in total. The second kappa shape index (κ2) is 8.56. The average Bonchev–Trinajstić information content (AvgIpc) is 2.66. The summed E-state index contributed by atoms with van der Waals surface area (Å²) in [4.78, 5) is 38.7. The molecule has 2 aromatic carbocycles. The van der Waals surface area contributed by atoms with E-state index >= 15 is 0 Å². The van der Waals surface area contributed by atoms with Crippen LogP contribution in [-0.2, 0) is 0 Å². The molecule has 0 aliphatic carbocycles. The molecule has 3 aromatic rings. The number of amides is 1. The van der Waals surface area contributed by atoms with Crippen LogP contribution in [0.4, 0.5) is 0 Å². The monoisotopic (exact) mass is 446 g/mol. The Hall–Kier alpha value is -3.36. The number of H-pyrrole nitrogens is 1. The van der Waals surface area contributed by atoms with Gasteiger partial charge in [0.25, 0.3) is 11.5 Å². The number of carbonyl (C=O) groups is 1. The average molecular weight is 447 g/mol. The summed E-state index contributed by atoms with van der Waals surface area (Å²) in [6.07, 6.45) is 0.937. The van der Waals surface area contributed by atoms with E-state index in [0.717, 1.165) is 21.9 Å². The SMILES string of the molecule is Cc1ccc(-n2c(O)c(C=NNC(=O)c3ccc(Cl)cc3Cl)c(=O)[nH]c2=O)cc1C. The smallest absolute Gasteiger partial charge is 0.335 e. The van der Waals surface area contributed by atoms with Crippen molar-refractivity contribution in [3.8, 4) is 11.6 Å². The van der Waals surface area contributed by atoms with E-state index in [-0.39, 0.29) is 16.1 Å². The Bertz CT molecular complexity index is 1290. The zero-order valence-corrected chi connectivity index (χ0v) is 17.4. The van der Waals surface area contributed by atoms with Crippen molar-refractivity contribution in [2.75, 3.05) is 0 Å². The molecule has 0 saturated carbocycles. The van der Waals surface area contributed by atoms with Gasteiger partial charge < -0.3 is 5.11 Å². The highest BCUT2D eigenvalue weighted by Crippen LogP contribution is 2.21. The molecule has 0 unspecified atom stereocenters. The number of carbonyl (C=O) groups excluding carboxylic acids is 1. The molecule has 30 heavy (non-hydrogen) atoms. The molecular formula is C20H16Cl2N4O4. The molecule has 0 aliphatic rings. The molecule has 154 valence electrons. The van der Waals surface area contributed by atoms with Gasteiger partial charge in [-0.1, -0.05) is 29.3 Å². The lowest BCUT2D eigenvalue weighted by Gasteiger charge is -2.11. The van der Waals surface area contributed by atoms with Gasteiger partial charge in [0.05, 0.1) is 22.5 Å². The fourth-order valence-electron chi connectivity index (χ4n) is 2.65. The lowest BCUT2D eigenvalue weighted by atomic mass is 10.1. The summed E-state index contributed by atoms with van der Waals surface area (Å²) in [6.45, 7) is 3.76. The van der Waals surface area contributed by atoms with Gasteiger partial charge in [0.1, 0.15) is 5.56 Å². The van der Waals surface area contributed by atoms with Crippen molar-refractivity contribution < 1.29 is 9.90 Å². The molecule has 1 heterocycles. The Morgan fingerprint density at radius 1 is 1.13 bits per heavy atom. The number of benzene rings is 2. The number of nitrogens with one attached hydrogen (secondary N) is 2. The van der Waals surface area contributed by atoms with E-state index in [0.29, 0.717) is 10.7 Å². The van der Waals surface area contributed by atoms with E-state index in [2.05, 4.69) is 15.5 Å². The summed E-state index contributed by atoms with van der Waals surface area (Å²) in [5.74, 6) is -1.26. The highest BCUT2D eigenvalue weighted by Gasteiger charge is 2.15. The van der Waals surface area contributed by atoms with Crippen molar-refractivity contribution in [1.82, 2.24) is 15.0 Å². The summed E-state index contributed by atoms with van der Waals surface area (Å²) < 4.78 is 0.938. The maximum absolute atomic E-state index is 12.2. The second-order valence-electron chi connectivity index (χ2n) is 6.42. The molecule has 10 heteroatoms. The summed E-state index contributed by atoms with van der Waals surface area (Å²) in [5, 5.41) is 14.7. The van der Waals surface area contributed by atoms with Crippen molar-refractivity contribution in [2.45, 2.75) is 13.8 Å². The number of aryl methyl sites for hydroxylation is 2. The molecule has 0 bridgehead atoms. The van der Waals surface area contributed by atoms with Crippen LogP contribution in [0, 0.1) is 13.8 Å². The van der Waals surface area contributed by atoms with Crippen molar-refractivity contribution >= 4 is 35.3 Å². The number of aromatic nitrogens is 2. The Kier molecular flexibility index (Phi) is 6.09. The Morgan fingerprint density at radius 3 is 2.53 bits per heavy atom. The minimum atomic E-state index is -0.861. The number of rotatable bonds is 4. The van der Waals surface area contributed by atoms with Gasteiger partial charge in [-0.3, -0.25) is 14.6 Å². The van der Waals surface area contributed by atoms with Crippen LogP contribution in [0.1, 0.15) is 27.0 Å². The molecular weight excluding hydrogens is 431 g/mol. The summed E-state index contributed by atoms with van der Waals surface area (Å²) >= 11 is 11.8. The van der Waals surface area contributed by atoms with Crippen LogP contribution in [0.25, 0.3) is 5.69 Å². The first-order valence-corrected chi connectivity index (χ1v) is 9.39. The van der Waals surface area contributed by atoms with Crippen molar-refractivity contribution in [1.29, 1.82) is 0 Å². The van der Waals surface area contributed by atoms with Gasteiger partial charge in [0.15, 0.2) is 0 Å². The summed E-state index contributed by atoms with van der Waals surface area (Å²) in [6, 6.07) is 9.41. The molecule has 1 amide bonds. The van der Waals surface area contributed by atoms with E-state index in [1.54, 1.807) is 18.2 Å². The standard InChI is InChI=1S/C20H16Cl2N4O4/c1-10-3-5-13(7-11(10)2)26-19(29)15(17(27)24-20(26)30)9-23-25-18(28)14-6-4-12(21)8-16(14)22/h3-9,29H,1-2H3,(H,25,28)(H,24,27,30). The first-order valence-electron chi connectivity index (χ1n) is 8.63. The van der Waals surface area contributed by atoms with Crippen LogP contribution >= 0.6 is 23.2 Å². The third-order valence-corrected chi connectivity index (χ3v) is 4.95. The van der Waals surface area contributed by atoms with Crippen molar-refractivity contribution in [3.63, 3.8) is 0 Å². The van der Waals surface area contributed by atoms with Gasteiger partial charge >= 0.3 is 5.69 Å². The van der Waals surface area contributed by atoms with Crippen LogP contribution < -0.4 is 16.7 Å². The number of aromatic hydroxyl groups is 1. The third kappa shape index (κ3) is 4.29. The third-order valence-electron chi connectivity index (χ3n) is 4.41. The zero-order chi connectivity index (χ0) is 22.0. The normalized spacial score (nSPS) is 11.1. The van der Waals surface area contributed by atoms with E-state index in [9.17, 15) is 19.5 Å². The molecule has 0 radical (unpaired) electrons. The van der Waals surface area contributed by atoms with E-state index in [1.807, 2.05) is 13.8 Å². The van der Waals surface area contributed by atoms with Crippen LogP contribution in [-0.4, -0.2) is 26.8 Å². The quantitative estimate of drug-likeness (QED) is 0.421. The molecule has 0 fully saturated rings. The maximum atomic E-state index is 12.2. The van der Waals surface area contributed by atoms with E-state index in [1.165, 1.54) is 18.2 Å². The summed E-state index contributed by atoms with van der Waals surface area (Å²) in [5.41, 5.74) is 2.61. The van der Waals surface area contributed by atoms with Crippen molar-refractivity contribution in [2.24, 2.45) is 5.10 Å². The maximum Gasteiger partial charge on any atom is 0.335 e. The highest BCUT2D eigenvalue weighted by atomic mass is 35.5. The minimum Gasteiger partial charge on any atom is -0.493 e. The molecule has 0 aliphatic heterocycles. The fraction of sp³-hybridized carbons (Fsp3) is 0.100. The molecule has 0 saturated heterocycles. The Balaban J connectivity index is 1.94. The highest BCUT2D eigenvalue weighted by molar-refractivity contribution is 6.36. The molecule has 3 rings (SSSR count). The Labute approximate surface area is 180 Å². The number of hydrogen-bond acceptors (Lipinski definition) is 5. The minimum absolute atomic E-state index is 0.122. The first kappa shape index (κ1) is 21.4. The van der Waals surface area contributed by atoms with E-state index in [4.69, 9.17) is 23.2 Å². The van der Waals surface area contributed by atoms with Crippen LogP contribution in [0.5, 0.6) is 5.88 Å². The molecule has 3 N–H and O–H groups in total. The first-order chi connectivity index (χ1) is 14.2. The van der Waals surface area contributed by atoms with Gasteiger partial charge in [0.2, 0.25) is 5.88 Å². The molecule has 1 aromatic heterocycles. The topological polar surface area (TPSA) is 117 Å². The Morgan fingerprint density at radius 2 is 1.87 bits per heavy atom. The zero-order valence-electron chi connectivity index (χ0n) is 15.9. The van der Waals surface area contributed by atoms with E-state index < -0.39 is 23.0 Å². The number of aromatic amines is 1. The fourth-order valence-corrected chi connectivity index (χ4v) is 3.14. The summed E-state index contributed by atoms with van der Waals surface area (Å²) in [7, 11) is 0. The van der Waals surface area contributed by atoms with Gasteiger partial charge in [-0.2, -0.15) is 5.10 Å². The molecule has 0 atom stereocenters. The van der Waals surface area contributed by atoms with Gasteiger partial charge in [-0.05, 0) is 55.3 Å². The van der Waals surface area contributed by atoms with Crippen molar-refractivity contribution in [3.05, 3.63) is 89.5 Å². The predicted octanol–water partition coefficient (Wildman–Crippen LogP) is 2.92. The number of nitrogens with zero attached hydrogens (tertiary/aromatic N) is 2. The number of hydrazone groups is 1. The van der Waals surface area contributed by atoms with Crippen LogP contribution in [0.2, 0.25) is 10.0 Å². The number of hydrogen-bond donors (Lipinski definition) is 3. The lowest BCUT2D eigenvalue weighted by molar-refractivity contribution is 0.0955. The largest absolute Gasteiger partial charge is 0.493 e. The predicted molar refractivity (Wildman–Crippen MR) is 115 cm³/mol. The second-order valence-corrected chi connectivity index (χ2v) is 7.27. The number of halogens is 2. The van der Waals surface area contributed by atoms with Gasteiger partial charge in [-0.15, -0.1) is 0 Å². The van der Waals surface area contributed by atoms with Crippen LogP contribution in [0.15, 0.2) is 51.1 Å².